The van der Waals surface area contributed by atoms with Crippen molar-refractivity contribution in [1.29, 1.82) is 0 Å². The zero-order chi connectivity index (χ0) is 17.7. The van der Waals surface area contributed by atoms with E-state index in [0.717, 1.165) is 0 Å². The minimum atomic E-state index is -0.720. The lowest BCUT2D eigenvalue weighted by Gasteiger charge is -2.34. The summed E-state index contributed by atoms with van der Waals surface area (Å²) >= 11 is 0. The molecular weight excluding hydrogens is 312 g/mol. The van der Waals surface area contributed by atoms with Gasteiger partial charge in [0, 0.05) is 13.1 Å². The standard InChI is InChI=1S/C16H22N4O4/c1-10(2)18-16(23)19-14(21)9-20-8-13(15(22)17-3)24-12-7-5-4-6-11(12)20/h4-7,10,13H,8-9H2,1-3H3,(H,17,22)(H2,18,19,21,23)/t13-/m0/s1. The largest absolute Gasteiger partial charge is 0.477 e. The van der Waals surface area contributed by atoms with Gasteiger partial charge in [0.25, 0.3) is 5.91 Å². The van der Waals surface area contributed by atoms with Crippen molar-refractivity contribution in [3.8, 4) is 5.75 Å². The lowest BCUT2D eigenvalue weighted by Crippen LogP contribution is -2.52. The molecule has 0 unspecified atom stereocenters. The van der Waals surface area contributed by atoms with Gasteiger partial charge in [0.05, 0.1) is 18.8 Å². The summed E-state index contributed by atoms with van der Waals surface area (Å²) in [5.74, 6) is -0.204. The number of imide groups is 1. The Labute approximate surface area is 140 Å². The molecule has 3 N–H and O–H groups in total. The number of nitrogens with one attached hydrogen (secondary N) is 3. The van der Waals surface area contributed by atoms with Gasteiger partial charge in [-0.2, -0.15) is 0 Å². The number of anilines is 1. The number of hydrogen-bond acceptors (Lipinski definition) is 5. The van der Waals surface area contributed by atoms with Crippen molar-refractivity contribution in [3.63, 3.8) is 0 Å². The quantitative estimate of drug-likeness (QED) is 0.732. The molecule has 8 heteroatoms. The highest BCUT2D eigenvalue weighted by Crippen LogP contribution is 2.32. The van der Waals surface area contributed by atoms with Gasteiger partial charge in [-0.05, 0) is 26.0 Å². The van der Waals surface area contributed by atoms with E-state index in [1.807, 2.05) is 6.07 Å². The summed E-state index contributed by atoms with van der Waals surface area (Å²) in [4.78, 5) is 37.3. The molecule has 1 aliphatic heterocycles. The average Bonchev–Trinajstić information content (AvgIpc) is 2.52. The van der Waals surface area contributed by atoms with E-state index >= 15 is 0 Å². The third kappa shape index (κ3) is 4.37. The van der Waals surface area contributed by atoms with Crippen LogP contribution >= 0.6 is 0 Å². The van der Waals surface area contributed by atoms with Gasteiger partial charge in [0.1, 0.15) is 5.75 Å². The molecule has 2 rings (SSSR count). The van der Waals surface area contributed by atoms with Crippen molar-refractivity contribution in [1.82, 2.24) is 16.0 Å². The summed E-state index contributed by atoms with van der Waals surface area (Å²) in [6.07, 6.45) is -0.720. The zero-order valence-electron chi connectivity index (χ0n) is 14.0. The minimum Gasteiger partial charge on any atom is -0.477 e. The van der Waals surface area contributed by atoms with Gasteiger partial charge in [0.2, 0.25) is 5.91 Å². The van der Waals surface area contributed by atoms with E-state index in [0.29, 0.717) is 11.4 Å². The van der Waals surface area contributed by atoms with Crippen molar-refractivity contribution in [2.75, 3.05) is 25.0 Å². The number of carbonyl (C=O) groups excluding carboxylic acids is 3. The van der Waals surface area contributed by atoms with E-state index in [9.17, 15) is 14.4 Å². The fraction of sp³-hybridized carbons (Fsp3) is 0.438. The molecule has 0 aromatic heterocycles. The van der Waals surface area contributed by atoms with Crippen LogP contribution in [0.25, 0.3) is 0 Å². The highest BCUT2D eigenvalue weighted by Gasteiger charge is 2.31. The van der Waals surface area contributed by atoms with Crippen LogP contribution in [0.1, 0.15) is 13.8 Å². The van der Waals surface area contributed by atoms with Crippen LogP contribution in [0.4, 0.5) is 10.5 Å². The molecule has 1 aromatic rings. The fourth-order valence-electron chi connectivity index (χ4n) is 2.39. The number of likely N-dealkylation sites (N-methyl/N-ethyl adjacent to an activating group) is 1. The second-order valence-electron chi connectivity index (χ2n) is 5.75. The maximum atomic E-state index is 12.1. The summed E-state index contributed by atoms with van der Waals surface area (Å²) in [6.45, 7) is 3.77. The van der Waals surface area contributed by atoms with Crippen molar-refractivity contribution in [2.24, 2.45) is 0 Å². The molecule has 1 atom stereocenters. The van der Waals surface area contributed by atoms with E-state index in [-0.39, 0.29) is 25.0 Å². The van der Waals surface area contributed by atoms with Crippen molar-refractivity contribution >= 4 is 23.5 Å². The molecule has 0 bridgehead atoms. The lowest BCUT2D eigenvalue weighted by molar-refractivity contribution is -0.127. The van der Waals surface area contributed by atoms with Crippen LogP contribution in [0.2, 0.25) is 0 Å². The molecule has 4 amide bonds. The number of benzene rings is 1. The number of urea groups is 1. The van der Waals surface area contributed by atoms with Gasteiger partial charge < -0.3 is 20.3 Å². The Morgan fingerprint density at radius 1 is 1.29 bits per heavy atom. The molecule has 0 radical (unpaired) electrons. The normalized spacial score (nSPS) is 16.0. The number of fused-ring (bicyclic) bond motifs is 1. The van der Waals surface area contributed by atoms with E-state index in [1.54, 1.807) is 36.9 Å². The van der Waals surface area contributed by atoms with Crippen LogP contribution in [-0.2, 0) is 9.59 Å². The first-order valence-corrected chi connectivity index (χ1v) is 7.73. The van der Waals surface area contributed by atoms with Crippen LogP contribution in [0.3, 0.4) is 0 Å². The molecule has 0 spiro atoms. The van der Waals surface area contributed by atoms with Crippen LogP contribution in [0.5, 0.6) is 5.75 Å². The molecule has 0 fully saturated rings. The topological polar surface area (TPSA) is 99.8 Å². The molecule has 1 aliphatic rings. The lowest BCUT2D eigenvalue weighted by atomic mass is 10.1. The first-order chi connectivity index (χ1) is 11.4. The maximum absolute atomic E-state index is 12.1. The summed E-state index contributed by atoms with van der Waals surface area (Å²) in [7, 11) is 1.53. The van der Waals surface area contributed by atoms with Crippen LogP contribution in [-0.4, -0.2) is 50.1 Å². The SMILES string of the molecule is CNC(=O)[C@@H]1CN(CC(=O)NC(=O)NC(C)C)c2ccccc2O1. The van der Waals surface area contributed by atoms with E-state index < -0.39 is 18.0 Å². The summed E-state index contributed by atoms with van der Waals surface area (Å²) < 4.78 is 5.67. The third-order valence-electron chi connectivity index (χ3n) is 3.41. The Morgan fingerprint density at radius 2 is 2.00 bits per heavy atom. The molecule has 24 heavy (non-hydrogen) atoms. The second-order valence-corrected chi connectivity index (χ2v) is 5.75. The predicted octanol–water partition coefficient (Wildman–Crippen LogP) is 0.234. The third-order valence-corrected chi connectivity index (χ3v) is 3.41. The fourth-order valence-corrected chi connectivity index (χ4v) is 2.39. The number of ether oxygens (including phenoxy) is 1. The summed E-state index contributed by atoms with van der Waals surface area (Å²) in [5, 5.41) is 7.40. The van der Waals surface area contributed by atoms with Crippen LogP contribution in [0, 0.1) is 0 Å². The molecule has 1 heterocycles. The number of hydrogen-bond donors (Lipinski definition) is 3. The Kier molecular flexibility index (Phi) is 5.62. The minimum absolute atomic E-state index is 0.0562. The Hall–Kier alpha value is -2.77. The molecule has 1 aromatic carbocycles. The highest BCUT2D eigenvalue weighted by atomic mass is 16.5. The molecule has 8 nitrogen and oxygen atoms in total. The average molecular weight is 334 g/mol. The number of nitrogens with zero attached hydrogens (tertiary/aromatic N) is 1. The first-order valence-electron chi connectivity index (χ1n) is 7.73. The van der Waals surface area contributed by atoms with E-state index in [4.69, 9.17) is 4.74 Å². The number of amides is 4. The van der Waals surface area contributed by atoms with Gasteiger partial charge >= 0.3 is 6.03 Å². The van der Waals surface area contributed by atoms with Gasteiger partial charge in [-0.1, -0.05) is 12.1 Å². The Balaban J connectivity index is 2.08. The van der Waals surface area contributed by atoms with Crippen molar-refractivity contribution in [2.45, 2.75) is 26.0 Å². The second kappa shape index (κ2) is 7.67. The molecule has 0 saturated carbocycles. The predicted molar refractivity (Wildman–Crippen MR) is 88.9 cm³/mol. The van der Waals surface area contributed by atoms with Gasteiger partial charge in [-0.3, -0.25) is 14.9 Å². The smallest absolute Gasteiger partial charge is 0.321 e. The van der Waals surface area contributed by atoms with Gasteiger partial charge in [-0.25, -0.2) is 4.79 Å². The van der Waals surface area contributed by atoms with E-state index in [2.05, 4.69) is 16.0 Å². The number of carbonyl (C=O) groups is 3. The van der Waals surface area contributed by atoms with Crippen LogP contribution in [0.15, 0.2) is 24.3 Å². The zero-order valence-corrected chi connectivity index (χ0v) is 14.0. The summed E-state index contributed by atoms with van der Waals surface area (Å²) in [5.41, 5.74) is 0.706. The molecule has 0 saturated heterocycles. The Bertz CT molecular complexity index is 632. The monoisotopic (exact) mass is 334 g/mol. The first kappa shape index (κ1) is 17.6. The highest BCUT2D eigenvalue weighted by molar-refractivity contribution is 5.97. The van der Waals surface area contributed by atoms with Gasteiger partial charge in [0.15, 0.2) is 6.10 Å². The number of para-hydroxylation sites is 2. The Morgan fingerprint density at radius 3 is 2.67 bits per heavy atom. The number of rotatable bonds is 4. The van der Waals surface area contributed by atoms with Gasteiger partial charge in [-0.15, -0.1) is 0 Å². The van der Waals surface area contributed by atoms with E-state index in [1.165, 1.54) is 7.05 Å². The molecule has 130 valence electrons. The summed E-state index contributed by atoms with van der Waals surface area (Å²) in [6, 6.07) is 6.54. The van der Waals surface area contributed by atoms with Crippen molar-refractivity contribution < 1.29 is 19.1 Å². The molecule has 0 aliphatic carbocycles. The molecular formula is C16H22N4O4. The van der Waals surface area contributed by atoms with Crippen LogP contribution < -0.4 is 25.6 Å². The van der Waals surface area contributed by atoms with Crippen molar-refractivity contribution in [3.05, 3.63) is 24.3 Å². The maximum Gasteiger partial charge on any atom is 0.321 e.